The minimum atomic E-state index is 0.943. The molecule has 0 saturated carbocycles. The third-order valence-corrected chi connectivity index (χ3v) is 4.75. The van der Waals surface area contributed by atoms with Crippen LogP contribution in [-0.4, -0.2) is 0 Å². The summed E-state index contributed by atoms with van der Waals surface area (Å²) in [6.45, 7) is 4.42. The Morgan fingerprint density at radius 2 is 1.70 bits per heavy atom. The summed E-state index contributed by atoms with van der Waals surface area (Å²) in [5.74, 6) is 0. The van der Waals surface area contributed by atoms with Gasteiger partial charge in [0, 0.05) is 4.47 Å². The standard InChI is InChI=1S/C22H19Br/c1-16-8-5-3-4-6-9-20(16)22-11-7-10-21(17(22)2)18-12-14-19(23)15-13-18/h4-7,9-15H,8H2,1-2H3/b9-6-,20-16+. The second-order valence-electron chi connectivity index (χ2n) is 5.78. The van der Waals surface area contributed by atoms with Gasteiger partial charge in [0.2, 0.25) is 0 Å². The van der Waals surface area contributed by atoms with Crippen molar-refractivity contribution in [2.24, 2.45) is 0 Å². The van der Waals surface area contributed by atoms with Gasteiger partial charge in [0.15, 0.2) is 0 Å². The predicted molar refractivity (Wildman–Crippen MR) is 103 cm³/mol. The molecule has 0 fully saturated rings. The fourth-order valence-corrected chi connectivity index (χ4v) is 3.19. The minimum absolute atomic E-state index is 0.943. The van der Waals surface area contributed by atoms with Gasteiger partial charge in [-0.05, 0) is 72.4 Å². The van der Waals surface area contributed by atoms with Gasteiger partial charge >= 0.3 is 0 Å². The molecule has 3 rings (SSSR count). The molecule has 1 aliphatic rings. The number of hydrogen-bond acceptors (Lipinski definition) is 0. The van der Waals surface area contributed by atoms with Gasteiger partial charge in [-0.15, -0.1) is 5.73 Å². The van der Waals surface area contributed by atoms with Gasteiger partial charge in [0.05, 0.1) is 0 Å². The maximum absolute atomic E-state index is 3.51. The van der Waals surface area contributed by atoms with E-state index in [0.29, 0.717) is 0 Å². The van der Waals surface area contributed by atoms with Crippen molar-refractivity contribution in [3.05, 3.63) is 93.7 Å². The third kappa shape index (κ3) is 3.47. The molecule has 2 aromatic carbocycles. The first-order valence-electron chi connectivity index (χ1n) is 7.80. The van der Waals surface area contributed by atoms with E-state index in [-0.39, 0.29) is 0 Å². The lowest BCUT2D eigenvalue weighted by molar-refractivity contribution is 1.21. The Labute approximate surface area is 146 Å². The molecule has 2 aromatic rings. The summed E-state index contributed by atoms with van der Waals surface area (Å²) in [5, 5.41) is 0. The van der Waals surface area contributed by atoms with E-state index in [0.717, 1.165) is 10.9 Å². The van der Waals surface area contributed by atoms with Crippen LogP contribution in [0.5, 0.6) is 0 Å². The Kier molecular flexibility index (Phi) is 4.81. The zero-order chi connectivity index (χ0) is 16.2. The summed E-state index contributed by atoms with van der Waals surface area (Å²) in [6.07, 6.45) is 9.27. The van der Waals surface area contributed by atoms with E-state index >= 15 is 0 Å². The second-order valence-corrected chi connectivity index (χ2v) is 6.70. The summed E-state index contributed by atoms with van der Waals surface area (Å²) < 4.78 is 1.11. The molecule has 0 amide bonds. The maximum atomic E-state index is 3.51. The van der Waals surface area contributed by atoms with Gasteiger partial charge in [-0.3, -0.25) is 0 Å². The van der Waals surface area contributed by atoms with E-state index in [1.54, 1.807) is 0 Å². The van der Waals surface area contributed by atoms with Gasteiger partial charge in [0.1, 0.15) is 0 Å². The third-order valence-electron chi connectivity index (χ3n) is 4.22. The number of hydrogen-bond donors (Lipinski definition) is 0. The lowest BCUT2D eigenvalue weighted by Gasteiger charge is -2.15. The Balaban J connectivity index is 2.12. The SMILES string of the molecule is C/C1=C(c2cccc(-c3ccc(Br)cc3)c2C)/C=C\C=C=CC1. The van der Waals surface area contributed by atoms with Crippen molar-refractivity contribution in [2.75, 3.05) is 0 Å². The van der Waals surface area contributed by atoms with Crippen LogP contribution in [0.1, 0.15) is 24.5 Å². The molecule has 1 aliphatic carbocycles. The van der Waals surface area contributed by atoms with Crippen LogP contribution < -0.4 is 0 Å². The molecule has 0 radical (unpaired) electrons. The van der Waals surface area contributed by atoms with Crippen LogP contribution >= 0.6 is 15.9 Å². The fraction of sp³-hybridized carbons (Fsp3) is 0.136. The van der Waals surface area contributed by atoms with Crippen molar-refractivity contribution in [3.63, 3.8) is 0 Å². The van der Waals surface area contributed by atoms with Gasteiger partial charge in [-0.2, -0.15) is 0 Å². The summed E-state index contributed by atoms with van der Waals surface area (Å²) in [6, 6.07) is 15.1. The molecular formula is C22H19Br. The number of benzene rings is 2. The molecule has 0 atom stereocenters. The second kappa shape index (κ2) is 7.00. The zero-order valence-electron chi connectivity index (χ0n) is 13.4. The van der Waals surface area contributed by atoms with Crippen LogP contribution in [0.15, 0.2) is 82.5 Å². The van der Waals surface area contributed by atoms with E-state index in [1.807, 2.05) is 6.08 Å². The zero-order valence-corrected chi connectivity index (χ0v) is 15.0. The fourth-order valence-electron chi connectivity index (χ4n) is 2.92. The highest BCUT2D eigenvalue weighted by atomic mass is 79.9. The van der Waals surface area contributed by atoms with Crippen LogP contribution in [0, 0.1) is 6.92 Å². The average molecular weight is 363 g/mol. The van der Waals surface area contributed by atoms with Gasteiger partial charge < -0.3 is 0 Å². The molecule has 23 heavy (non-hydrogen) atoms. The van der Waals surface area contributed by atoms with Crippen molar-refractivity contribution < 1.29 is 0 Å². The highest BCUT2D eigenvalue weighted by Gasteiger charge is 2.10. The first kappa shape index (κ1) is 15.8. The summed E-state index contributed by atoms with van der Waals surface area (Å²) in [5.41, 5.74) is 11.0. The number of rotatable bonds is 2. The lowest BCUT2D eigenvalue weighted by atomic mass is 9.89. The molecule has 0 saturated heterocycles. The Morgan fingerprint density at radius 1 is 0.957 bits per heavy atom. The van der Waals surface area contributed by atoms with E-state index in [1.165, 1.54) is 33.4 Å². The number of allylic oxidation sites excluding steroid dienone is 5. The topological polar surface area (TPSA) is 0 Å². The summed E-state index contributed by atoms with van der Waals surface area (Å²) >= 11 is 3.51. The molecule has 0 aromatic heterocycles. The van der Waals surface area contributed by atoms with Gasteiger partial charge in [-0.25, -0.2) is 0 Å². The van der Waals surface area contributed by atoms with E-state index in [2.05, 4.69) is 96.2 Å². The van der Waals surface area contributed by atoms with Crippen molar-refractivity contribution in [2.45, 2.75) is 20.3 Å². The first-order valence-corrected chi connectivity index (χ1v) is 8.59. The van der Waals surface area contributed by atoms with Crippen molar-refractivity contribution in [3.8, 4) is 11.1 Å². The van der Waals surface area contributed by atoms with E-state index in [4.69, 9.17) is 0 Å². The molecule has 0 nitrogen and oxygen atoms in total. The molecule has 0 aliphatic heterocycles. The molecular weight excluding hydrogens is 344 g/mol. The van der Waals surface area contributed by atoms with Crippen molar-refractivity contribution >= 4 is 21.5 Å². The van der Waals surface area contributed by atoms with Crippen molar-refractivity contribution in [1.29, 1.82) is 0 Å². The normalized spacial score (nSPS) is 18.6. The van der Waals surface area contributed by atoms with E-state index in [9.17, 15) is 0 Å². The van der Waals surface area contributed by atoms with Crippen LogP contribution in [-0.2, 0) is 0 Å². The maximum Gasteiger partial charge on any atom is 0.0175 e. The number of halogens is 1. The van der Waals surface area contributed by atoms with Gasteiger partial charge in [0.25, 0.3) is 0 Å². The Morgan fingerprint density at radius 3 is 2.48 bits per heavy atom. The highest BCUT2D eigenvalue weighted by Crippen LogP contribution is 2.32. The summed E-state index contributed by atoms with van der Waals surface area (Å²) in [7, 11) is 0. The molecule has 0 N–H and O–H groups in total. The van der Waals surface area contributed by atoms with E-state index < -0.39 is 0 Å². The Bertz CT molecular complexity index is 842. The van der Waals surface area contributed by atoms with Gasteiger partial charge in [-0.1, -0.05) is 64.0 Å². The quantitative estimate of drug-likeness (QED) is 0.511. The Hall–Kier alpha value is -2.08. The smallest absolute Gasteiger partial charge is 0.0175 e. The molecule has 1 heteroatoms. The predicted octanol–water partition coefficient (Wildman–Crippen LogP) is 6.87. The van der Waals surface area contributed by atoms with Crippen LogP contribution in [0.3, 0.4) is 0 Å². The summed E-state index contributed by atoms with van der Waals surface area (Å²) in [4.78, 5) is 0. The first-order chi connectivity index (χ1) is 11.2. The molecule has 0 bridgehead atoms. The molecule has 114 valence electrons. The van der Waals surface area contributed by atoms with Crippen LogP contribution in [0.2, 0.25) is 0 Å². The lowest BCUT2D eigenvalue weighted by Crippen LogP contribution is -1.94. The average Bonchev–Trinajstić information content (AvgIpc) is 2.53. The molecule has 0 spiro atoms. The van der Waals surface area contributed by atoms with Crippen LogP contribution in [0.4, 0.5) is 0 Å². The molecule has 0 heterocycles. The van der Waals surface area contributed by atoms with Crippen LogP contribution in [0.25, 0.3) is 16.7 Å². The molecule has 0 unspecified atom stereocenters. The largest absolute Gasteiger partial charge is 0.125 e. The monoisotopic (exact) mass is 362 g/mol. The minimum Gasteiger partial charge on any atom is -0.125 e. The highest BCUT2D eigenvalue weighted by molar-refractivity contribution is 9.10. The van der Waals surface area contributed by atoms with Crippen molar-refractivity contribution in [1.82, 2.24) is 0 Å².